The maximum Gasteiger partial charge on any atom is 0.323 e. The third-order valence-corrected chi connectivity index (χ3v) is 2.08. The topological polar surface area (TPSA) is 49.3 Å². The van der Waals surface area contributed by atoms with E-state index in [1.807, 2.05) is 6.92 Å². The van der Waals surface area contributed by atoms with Crippen molar-refractivity contribution in [1.29, 1.82) is 0 Å². The van der Waals surface area contributed by atoms with Crippen molar-refractivity contribution in [2.24, 2.45) is 5.92 Å². The van der Waals surface area contributed by atoms with Crippen LogP contribution in [0.2, 0.25) is 0 Å². The molecule has 0 bridgehead atoms. The number of carboxylic acid groups (broad SMARTS) is 1. The summed E-state index contributed by atoms with van der Waals surface area (Å²) in [5.41, 5.74) is -0.760. The van der Waals surface area contributed by atoms with Crippen molar-refractivity contribution >= 4 is 5.97 Å². The van der Waals surface area contributed by atoms with Crippen LogP contribution in [-0.2, 0) is 4.79 Å². The highest BCUT2D eigenvalue weighted by atomic mass is 16.4. The van der Waals surface area contributed by atoms with E-state index in [1.54, 1.807) is 6.92 Å². The Hall–Kier alpha value is -0.570. The van der Waals surface area contributed by atoms with Crippen LogP contribution in [0.15, 0.2) is 0 Å². The molecule has 0 rings (SSSR count). The first-order valence-corrected chi connectivity index (χ1v) is 4.40. The van der Waals surface area contributed by atoms with E-state index in [4.69, 9.17) is 5.11 Å². The lowest BCUT2D eigenvalue weighted by molar-refractivity contribution is -0.144. The van der Waals surface area contributed by atoms with Crippen LogP contribution in [0.3, 0.4) is 0 Å². The average molecular weight is 173 g/mol. The molecule has 0 spiro atoms. The number of carboxylic acids is 1. The van der Waals surface area contributed by atoms with Crippen molar-refractivity contribution in [2.75, 3.05) is 6.54 Å². The van der Waals surface area contributed by atoms with E-state index in [-0.39, 0.29) is 0 Å². The molecule has 0 amide bonds. The molecule has 0 radical (unpaired) electrons. The molecule has 12 heavy (non-hydrogen) atoms. The fourth-order valence-corrected chi connectivity index (χ4v) is 0.781. The Morgan fingerprint density at radius 3 is 2.33 bits per heavy atom. The Morgan fingerprint density at radius 1 is 1.58 bits per heavy atom. The van der Waals surface area contributed by atoms with E-state index in [0.717, 1.165) is 6.54 Å². The molecule has 0 aliphatic heterocycles. The quantitative estimate of drug-likeness (QED) is 0.662. The van der Waals surface area contributed by atoms with Gasteiger partial charge in [0.25, 0.3) is 0 Å². The molecule has 1 atom stereocenters. The SMILES string of the molecule is CCC(C)(NCC(C)C)C(=O)O. The lowest BCUT2D eigenvalue weighted by Gasteiger charge is -2.25. The Balaban J connectivity index is 4.06. The van der Waals surface area contributed by atoms with Gasteiger partial charge in [-0.25, -0.2) is 0 Å². The zero-order chi connectivity index (χ0) is 9.78. The van der Waals surface area contributed by atoms with E-state index >= 15 is 0 Å². The molecular formula is C9H19NO2. The molecule has 0 saturated carbocycles. The van der Waals surface area contributed by atoms with Gasteiger partial charge in [-0.1, -0.05) is 20.8 Å². The predicted molar refractivity (Wildman–Crippen MR) is 49.2 cm³/mol. The first-order valence-electron chi connectivity index (χ1n) is 4.40. The smallest absolute Gasteiger partial charge is 0.323 e. The zero-order valence-corrected chi connectivity index (χ0v) is 8.35. The van der Waals surface area contributed by atoms with E-state index in [1.165, 1.54) is 0 Å². The van der Waals surface area contributed by atoms with Gasteiger partial charge in [-0.05, 0) is 25.8 Å². The van der Waals surface area contributed by atoms with Crippen molar-refractivity contribution in [3.05, 3.63) is 0 Å². The summed E-state index contributed by atoms with van der Waals surface area (Å²) in [5.74, 6) is -0.291. The van der Waals surface area contributed by atoms with E-state index < -0.39 is 11.5 Å². The third kappa shape index (κ3) is 3.22. The van der Waals surface area contributed by atoms with Gasteiger partial charge in [-0.3, -0.25) is 4.79 Å². The average Bonchev–Trinajstić information content (AvgIpc) is 1.99. The van der Waals surface area contributed by atoms with Crippen LogP contribution in [0, 0.1) is 5.92 Å². The zero-order valence-electron chi connectivity index (χ0n) is 8.35. The minimum atomic E-state index is -0.773. The van der Waals surface area contributed by atoms with Crippen LogP contribution in [0.25, 0.3) is 0 Å². The number of aliphatic carboxylic acids is 1. The lowest BCUT2D eigenvalue weighted by Crippen LogP contribution is -2.50. The number of hydrogen-bond acceptors (Lipinski definition) is 2. The number of hydrogen-bond donors (Lipinski definition) is 2. The first kappa shape index (κ1) is 11.4. The molecule has 72 valence electrons. The predicted octanol–water partition coefficient (Wildman–Crippen LogP) is 1.49. The summed E-state index contributed by atoms with van der Waals surface area (Å²) in [7, 11) is 0. The Labute approximate surface area is 74.2 Å². The summed E-state index contributed by atoms with van der Waals surface area (Å²) >= 11 is 0. The molecule has 0 fully saturated rings. The van der Waals surface area contributed by atoms with Crippen LogP contribution in [0.4, 0.5) is 0 Å². The summed E-state index contributed by atoms with van der Waals surface area (Å²) < 4.78 is 0. The minimum absolute atomic E-state index is 0.482. The van der Waals surface area contributed by atoms with E-state index in [0.29, 0.717) is 12.3 Å². The molecule has 1 unspecified atom stereocenters. The summed E-state index contributed by atoms with van der Waals surface area (Å²) in [5, 5.41) is 11.9. The highest BCUT2D eigenvalue weighted by molar-refractivity contribution is 5.78. The second-order valence-corrected chi connectivity index (χ2v) is 3.77. The van der Waals surface area contributed by atoms with Crippen LogP contribution in [0.5, 0.6) is 0 Å². The van der Waals surface area contributed by atoms with Crippen LogP contribution in [0.1, 0.15) is 34.1 Å². The largest absolute Gasteiger partial charge is 0.480 e. The molecule has 0 aliphatic carbocycles. The van der Waals surface area contributed by atoms with E-state index in [2.05, 4.69) is 19.2 Å². The normalized spacial score (nSPS) is 16.1. The fourth-order valence-electron chi connectivity index (χ4n) is 0.781. The number of nitrogens with one attached hydrogen (secondary N) is 1. The molecule has 0 aliphatic rings. The third-order valence-electron chi connectivity index (χ3n) is 2.08. The molecule has 0 saturated heterocycles. The molecular weight excluding hydrogens is 154 g/mol. The summed E-state index contributed by atoms with van der Waals surface area (Å²) in [4.78, 5) is 10.8. The highest BCUT2D eigenvalue weighted by Crippen LogP contribution is 2.09. The monoisotopic (exact) mass is 173 g/mol. The minimum Gasteiger partial charge on any atom is -0.480 e. The molecule has 0 heterocycles. The Bertz CT molecular complexity index is 157. The number of rotatable bonds is 5. The van der Waals surface area contributed by atoms with Gasteiger partial charge in [-0.15, -0.1) is 0 Å². The van der Waals surface area contributed by atoms with Gasteiger partial charge in [0.05, 0.1) is 0 Å². The molecule has 0 aromatic rings. The van der Waals surface area contributed by atoms with Crippen molar-refractivity contribution in [3.63, 3.8) is 0 Å². The first-order chi connectivity index (χ1) is 5.42. The van der Waals surface area contributed by atoms with Crippen molar-refractivity contribution in [2.45, 2.75) is 39.7 Å². The van der Waals surface area contributed by atoms with Gasteiger partial charge >= 0.3 is 5.97 Å². The maximum absolute atomic E-state index is 10.8. The summed E-state index contributed by atoms with van der Waals surface area (Å²) in [6, 6.07) is 0. The van der Waals surface area contributed by atoms with Gasteiger partial charge < -0.3 is 10.4 Å². The van der Waals surface area contributed by atoms with Crippen molar-refractivity contribution in [3.8, 4) is 0 Å². The van der Waals surface area contributed by atoms with Gasteiger partial charge in [-0.2, -0.15) is 0 Å². The van der Waals surface area contributed by atoms with Crippen LogP contribution in [-0.4, -0.2) is 23.2 Å². The second kappa shape index (κ2) is 4.45. The Kier molecular flexibility index (Phi) is 4.24. The highest BCUT2D eigenvalue weighted by Gasteiger charge is 2.29. The lowest BCUT2D eigenvalue weighted by atomic mass is 9.98. The maximum atomic E-state index is 10.8. The van der Waals surface area contributed by atoms with Crippen molar-refractivity contribution < 1.29 is 9.90 Å². The van der Waals surface area contributed by atoms with E-state index in [9.17, 15) is 4.79 Å². The Morgan fingerprint density at radius 2 is 2.08 bits per heavy atom. The summed E-state index contributed by atoms with van der Waals surface area (Å²) in [6.07, 6.45) is 0.606. The standard InChI is InChI=1S/C9H19NO2/c1-5-9(4,8(11)12)10-6-7(2)3/h7,10H,5-6H2,1-4H3,(H,11,12). The second-order valence-electron chi connectivity index (χ2n) is 3.77. The van der Waals surface area contributed by atoms with Crippen molar-refractivity contribution in [1.82, 2.24) is 5.32 Å². The molecule has 2 N–H and O–H groups in total. The van der Waals surface area contributed by atoms with Crippen LogP contribution >= 0.6 is 0 Å². The van der Waals surface area contributed by atoms with Gasteiger partial charge in [0, 0.05) is 0 Å². The van der Waals surface area contributed by atoms with Gasteiger partial charge in [0.1, 0.15) is 5.54 Å². The molecule has 3 nitrogen and oxygen atoms in total. The fraction of sp³-hybridized carbons (Fsp3) is 0.889. The molecule has 0 aromatic carbocycles. The molecule has 3 heteroatoms. The van der Waals surface area contributed by atoms with Gasteiger partial charge in [0.2, 0.25) is 0 Å². The molecule has 0 aromatic heterocycles. The van der Waals surface area contributed by atoms with Crippen LogP contribution < -0.4 is 5.32 Å². The summed E-state index contributed by atoms with van der Waals surface area (Å²) in [6.45, 7) is 8.46. The van der Waals surface area contributed by atoms with Gasteiger partial charge in [0.15, 0.2) is 0 Å². The number of carbonyl (C=O) groups is 1.